The Balaban J connectivity index is 2.02. The lowest BCUT2D eigenvalue weighted by Crippen LogP contribution is -2.05. The number of carbonyl (C=O) groups excluding carboxylic acids is 1. The van der Waals surface area contributed by atoms with E-state index in [1.165, 1.54) is 6.92 Å². The predicted molar refractivity (Wildman–Crippen MR) is 90.4 cm³/mol. The molecule has 8 nitrogen and oxygen atoms in total. The molecule has 122 valence electrons. The van der Waals surface area contributed by atoms with Crippen LogP contribution in [0.5, 0.6) is 5.88 Å². The van der Waals surface area contributed by atoms with Crippen LogP contribution in [0.1, 0.15) is 13.8 Å². The van der Waals surface area contributed by atoms with Crippen LogP contribution in [0.2, 0.25) is 0 Å². The number of benzene rings is 1. The first-order chi connectivity index (χ1) is 11.6. The van der Waals surface area contributed by atoms with E-state index in [2.05, 4.69) is 25.3 Å². The van der Waals surface area contributed by atoms with Crippen LogP contribution in [0.15, 0.2) is 30.5 Å². The number of nitrogen functional groups attached to an aromatic ring is 1. The summed E-state index contributed by atoms with van der Waals surface area (Å²) < 4.78 is 5.47. The van der Waals surface area contributed by atoms with Crippen molar-refractivity contribution in [1.29, 1.82) is 0 Å². The molecule has 3 rings (SSSR count). The number of nitrogens with two attached hydrogens (primary N) is 1. The van der Waals surface area contributed by atoms with E-state index in [1.807, 2.05) is 19.1 Å². The Morgan fingerprint density at radius 1 is 1.21 bits per heavy atom. The Morgan fingerprint density at radius 3 is 2.62 bits per heavy atom. The van der Waals surface area contributed by atoms with Crippen LogP contribution in [-0.2, 0) is 4.79 Å². The number of carbonyl (C=O) groups is 1. The quantitative estimate of drug-likeness (QED) is 0.754. The van der Waals surface area contributed by atoms with Crippen LogP contribution in [-0.4, -0.2) is 32.4 Å². The van der Waals surface area contributed by atoms with Gasteiger partial charge in [0.25, 0.3) is 0 Å². The van der Waals surface area contributed by atoms with Gasteiger partial charge < -0.3 is 15.8 Å². The van der Waals surface area contributed by atoms with Crippen LogP contribution >= 0.6 is 0 Å². The summed E-state index contributed by atoms with van der Waals surface area (Å²) in [4.78, 5) is 28.0. The van der Waals surface area contributed by atoms with Crippen LogP contribution < -0.4 is 15.8 Å². The average Bonchev–Trinajstić information content (AvgIpc) is 2.55. The highest BCUT2D eigenvalue weighted by Crippen LogP contribution is 2.25. The Bertz CT molecular complexity index is 895. The average molecular weight is 324 g/mol. The lowest BCUT2D eigenvalue weighted by Gasteiger charge is -2.08. The molecule has 0 bridgehead atoms. The van der Waals surface area contributed by atoms with E-state index in [4.69, 9.17) is 10.5 Å². The number of ether oxygens (including phenoxy) is 1. The number of nitrogens with one attached hydrogen (secondary N) is 1. The molecule has 3 aromatic rings. The fourth-order valence-corrected chi connectivity index (χ4v) is 2.20. The number of nitrogens with zero attached hydrogens (tertiary/aromatic N) is 4. The van der Waals surface area contributed by atoms with Crippen molar-refractivity contribution in [3.05, 3.63) is 30.5 Å². The van der Waals surface area contributed by atoms with Gasteiger partial charge in [0, 0.05) is 18.2 Å². The lowest BCUT2D eigenvalue weighted by molar-refractivity contribution is -0.114. The van der Waals surface area contributed by atoms with Gasteiger partial charge in [0.15, 0.2) is 11.2 Å². The molecular formula is C16H16N6O2. The fraction of sp³-hybridized carbons (Fsp3) is 0.188. The summed E-state index contributed by atoms with van der Waals surface area (Å²) in [6.07, 6.45) is 1.61. The van der Waals surface area contributed by atoms with E-state index in [0.29, 0.717) is 35.0 Å². The van der Waals surface area contributed by atoms with Crippen LogP contribution in [0.25, 0.3) is 22.4 Å². The molecule has 2 heterocycles. The molecule has 0 aliphatic heterocycles. The molecule has 0 saturated carbocycles. The second kappa shape index (κ2) is 6.45. The second-order valence-corrected chi connectivity index (χ2v) is 5.01. The number of hydrogen-bond donors (Lipinski definition) is 2. The van der Waals surface area contributed by atoms with Gasteiger partial charge in [0.05, 0.1) is 18.5 Å². The third kappa shape index (κ3) is 3.22. The Morgan fingerprint density at radius 2 is 1.96 bits per heavy atom. The van der Waals surface area contributed by atoms with Gasteiger partial charge >= 0.3 is 0 Å². The molecule has 0 spiro atoms. The highest BCUT2D eigenvalue weighted by Gasteiger charge is 2.12. The Hall–Kier alpha value is -3.29. The standard InChI is InChI=1S/C16H16N6O2/c1-3-24-15-13-14(21-16(17)22-15)18-8-12(20-13)10-4-6-11(7-5-10)19-9(2)23/h4-8H,3H2,1-2H3,(H,19,23)(H2,17,18,21,22). The summed E-state index contributed by atoms with van der Waals surface area (Å²) in [6.45, 7) is 3.74. The van der Waals surface area contributed by atoms with Crippen molar-refractivity contribution < 1.29 is 9.53 Å². The zero-order valence-electron chi connectivity index (χ0n) is 13.3. The number of aromatic nitrogens is 4. The van der Waals surface area contributed by atoms with Crippen molar-refractivity contribution in [2.24, 2.45) is 0 Å². The zero-order valence-corrected chi connectivity index (χ0v) is 13.3. The molecule has 24 heavy (non-hydrogen) atoms. The van der Waals surface area contributed by atoms with Crippen LogP contribution in [0.3, 0.4) is 0 Å². The second-order valence-electron chi connectivity index (χ2n) is 5.01. The highest BCUT2D eigenvalue weighted by atomic mass is 16.5. The van der Waals surface area contributed by atoms with E-state index in [1.54, 1.807) is 18.3 Å². The molecule has 8 heteroatoms. The van der Waals surface area contributed by atoms with Crippen LogP contribution in [0, 0.1) is 0 Å². The first-order valence-corrected chi connectivity index (χ1v) is 7.38. The summed E-state index contributed by atoms with van der Waals surface area (Å²) in [6, 6.07) is 7.29. The van der Waals surface area contributed by atoms with Gasteiger partial charge in [0.2, 0.25) is 17.7 Å². The van der Waals surface area contributed by atoms with Crippen molar-refractivity contribution >= 4 is 28.7 Å². The topological polar surface area (TPSA) is 116 Å². The Kier molecular flexibility index (Phi) is 4.19. The molecule has 0 atom stereocenters. The first-order valence-electron chi connectivity index (χ1n) is 7.38. The maximum absolute atomic E-state index is 11.1. The molecule has 0 aliphatic carbocycles. The lowest BCUT2D eigenvalue weighted by atomic mass is 10.1. The monoisotopic (exact) mass is 324 g/mol. The maximum Gasteiger partial charge on any atom is 0.247 e. The Labute approximate surface area is 138 Å². The molecular weight excluding hydrogens is 308 g/mol. The minimum absolute atomic E-state index is 0.0904. The fourth-order valence-electron chi connectivity index (χ4n) is 2.20. The normalized spacial score (nSPS) is 10.6. The van der Waals surface area contributed by atoms with Gasteiger partial charge in [-0.25, -0.2) is 9.97 Å². The van der Waals surface area contributed by atoms with Crippen molar-refractivity contribution in [3.8, 4) is 17.1 Å². The van der Waals surface area contributed by atoms with Crippen molar-refractivity contribution in [2.75, 3.05) is 17.7 Å². The van der Waals surface area contributed by atoms with E-state index in [9.17, 15) is 4.79 Å². The molecule has 0 aliphatic rings. The molecule has 1 aromatic carbocycles. The maximum atomic E-state index is 11.1. The smallest absolute Gasteiger partial charge is 0.247 e. The predicted octanol–water partition coefficient (Wildman–Crippen LogP) is 2.03. The number of anilines is 2. The van der Waals surface area contributed by atoms with Crippen molar-refractivity contribution in [2.45, 2.75) is 13.8 Å². The van der Waals surface area contributed by atoms with Crippen molar-refractivity contribution in [3.63, 3.8) is 0 Å². The molecule has 0 fully saturated rings. The molecule has 0 unspecified atom stereocenters. The summed E-state index contributed by atoms with van der Waals surface area (Å²) in [5.41, 5.74) is 8.69. The largest absolute Gasteiger partial charge is 0.476 e. The minimum atomic E-state index is -0.121. The summed E-state index contributed by atoms with van der Waals surface area (Å²) >= 11 is 0. The van der Waals surface area contributed by atoms with E-state index < -0.39 is 0 Å². The van der Waals surface area contributed by atoms with Gasteiger partial charge in [-0.05, 0) is 19.1 Å². The number of fused-ring (bicyclic) bond motifs is 1. The van der Waals surface area contributed by atoms with Gasteiger partial charge in [-0.1, -0.05) is 12.1 Å². The van der Waals surface area contributed by atoms with Gasteiger partial charge in [-0.15, -0.1) is 0 Å². The SMILES string of the molecule is CCOc1nc(N)nc2ncc(-c3ccc(NC(C)=O)cc3)nc12. The third-order valence-corrected chi connectivity index (χ3v) is 3.17. The summed E-state index contributed by atoms with van der Waals surface area (Å²) in [5, 5.41) is 2.72. The number of hydrogen-bond acceptors (Lipinski definition) is 7. The van der Waals surface area contributed by atoms with E-state index in [0.717, 1.165) is 5.56 Å². The van der Waals surface area contributed by atoms with Gasteiger partial charge in [-0.3, -0.25) is 4.79 Å². The summed E-state index contributed by atoms with van der Waals surface area (Å²) in [7, 11) is 0. The number of amides is 1. The van der Waals surface area contributed by atoms with E-state index in [-0.39, 0.29) is 11.9 Å². The molecule has 1 amide bonds. The molecule has 0 radical (unpaired) electrons. The molecule has 2 aromatic heterocycles. The zero-order chi connectivity index (χ0) is 17.1. The van der Waals surface area contributed by atoms with Crippen LogP contribution in [0.4, 0.5) is 11.6 Å². The number of rotatable bonds is 4. The molecule has 0 saturated heterocycles. The highest BCUT2D eigenvalue weighted by molar-refractivity contribution is 5.89. The minimum Gasteiger partial charge on any atom is -0.476 e. The van der Waals surface area contributed by atoms with Gasteiger partial charge in [-0.2, -0.15) is 9.97 Å². The van der Waals surface area contributed by atoms with Gasteiger partial charge in [0.1, 0.15) is 0 Å². The summed E-state index contributed by atoms with van der Waals surface area (Å²) in [5.74, 6) is 0.279. The molecule has 3 N–H and O–H groups in total. The van der Waals surface area contributed by atoms with Crippen molar-refractivity contribution in [1.82, 2.24) is 19.9 Å². The van der Waals surface area contributed by atoms with E-state index >= 15 is 0 Å². The third-order valence-electron chi connectivity index (χ3n) is 3.17. The first kappa shape index (κ1) is 15.6.